The molecular formula is C17H25ClN2O2. The van der Waals surface area contributed by atoms with E-state index in [-0.39, 0.29) is 35.8 Å². The van der Waals surface area contributed by atoms with Crippen LogP contribution < -0.4 is 15.4 Å². The number of nitrogens with one attached hydrogen (secondary N) is 2. The van der Waals surface area contributed by atoms with E-state index < -0.39 is 0 Å². The molecule has 1 saturated heterocycles. The van der Waals surface area contributed by atoms with E-state index in [9.17, 15) is 4.79 Å². The number of carbonyl (C=O) groups excluding carboxylic acids is 1. The molecule has 1 spiro atoms. The normalized spacial score (nSPS) is 22.0. The summed E-state index contributed by atoms with van der Waals surface area (Å²) in [5.41, 5.74) is 1.05. The van der Waals surface area contributed by atoms with Crippen molar-refractivity contribution in [3.63, 3.8) is 0 Å². The van der Waals surface area contributed by atoms with Crippen LogP contribution in [0.2, 0.25) is 0 Å². The first-order valence-electron chi connectivity index (χ1n) is 7.88. The molecule has 3 rings (SSSR count). The number of amides is 1. The molecule has 2 fully saturated rings. The van der Waals surface area contributed by atoms with E-state index >= 15 is 0 Å². The van der Waals surface area contributed by atoms with Gasteiger partial charge in [-0.2, -0.15) is 0 Å². The molecule has 5 heteroatoms. The Bertz CT molecular complexity index is 527. The van der Waals surface area contributed by atoms with Crippen LogP contribution >= 0.6 is 12.4 Å². The first-order chi connectivity index (χ1) is 10.1. The Morgan fingerprint density at radius 2 is 2.00 bits per heavy atom. The molecule has 1 atom stereocenters. The molecule has 2 N–H and O–H groups in total. The lowest BCUT2D eigenvalue weighted by molar-refractivity contribution is -0.118. The summed E-state index contributed by atoms with van der Waals surface area (Å²) in [7, 11) is 0. The van der Waals surface area contributed by atoms with Crippen LogP contribution in [0.5, 0.6) is 5.75 Å². The quantitative estimate of drug-likeness (QED) is 0.894. The number of para-hydroxylation sites is 2. The zero-order valence-electron chi connectivity index (χ0n) is 13.2. The first kappa shape index (κ1) is 17.1. The number of hydrogen-bond acceptors (Lipinski definition) is 3. The largest absolute Gasteiger partial charge is 0.489 e. The Morgan fingerprint density at radius 1 is 1.32 bits per heavy atom. The Labute approximate surface area is 138 Å². The molecule has 1 unspecified atom stereocenters. The Morgan fingerprint density at radius 3 is 2.68 bits per heavy atom. The summed E-state index contributed by atoms with van der Waals surface area (Å²) in [4.78, 5) is 12.5. The van der Waals surface area contributed by atoms with E-state index in [1.54, 1.807) is 0 Å². The zero-order valence-corrected chi connectivity index (χ0v) is 14.0. The molecular weight excluding hydrogens is 300 g/mol. The number of rotatable bonds is 4. The van der Waals surface area contributed by atoms with Crippen molar-refractivity contribution in [3.8, 4) is 5.75 Å². The number of carbonyl (C=O) groups is 1. The first-order valence-corrected chi connectivity index (χ1v) is 7.88. The topological polar surface area (TPSA) is 50.4 Å². The lowest BCUT2D eigenvalue weighted by Gasteiger charge is -2.23. The van der Waals surface area contributed by atoms with Crippen LogP contribution in [-0.4, -0.2) is 25.1 Å². The summed E-state index contributed by atoms with van der Waals surface area (Å²) in [5, 5.41) is 6.43. The van der Waals surface area contributed by atoms with Gasteiger partial charge in [-0.1, -0.05) is 12.1 Å². The van der Waals surface area contributed by atoms with E-state index in [1.165, 1.54) is 0 Å². The van der Waals surface area contributed by atoms with Crippen LogP contribution in [0.25, 0.3) is 0 Å². The number of halogens is 1. The summed E-state index contributed by atoms with van der Waals surface area (Å²) >= 11 is 0. The fourth-order valence-corrected chi connectivity index (χ4v) is 3.34. The molecule has 0 radical (unpaired) electrons. The second kappa shape index (κ2) is 6.88. The van der Waals surface area contributed by atoms with E-state index in [0.29, 0.717) is 0 Å². The van der Waals surface area contributed by atoms with Crippen LogP contribution in [0, 0.1) is 11.3 Å². The van der Waals surface area contributed by atoms with Gasteiger partial charge in [-0.25, -0.2) is 0 Å². The minimum atomic E-state index is 0. The van der Waals surface area contributed by atoms with E-state index in [4.69, 9.17) is 4.74 Å². The molecule has 22 heavy (non-hydrogen) atoms. The van der Waals surface area contributed by atoms with Crippen LogP contribution in [-0.2, 0) is 4.79 Å². The van der Waals surface area contributed by atoms with Gasteiger partial charge in [-0.15, -0.1) is 12.4 Å². The van der Waals surface area contributed by atoms with Crippen molar-refractivity contribution < 1.29 is 9.53 Å². The minimum Gasteiger partial charge on any atom is -0.489 e. The fourth-order valence-electron chi connectivity index (χ4n) is 3.34. The molecule has 0 bridgehead atoms. The Balaban J connectivity index is 0.00000176. The maximum atomic E-state index is 12.5. The van der Waals surface area contributed by atoms with Gasteiger partial charge in [0.05, 0.1) is 11.8 Å². The third kappa shape index (κ3) is 3.55. The molecule has 0 aromatic heterocycles. The second-order valence-electron chi connectivity index (χ2n) is 6.52. The van der Waals surface area contributed by atoms with Crippen molar-refractivity contribution in [1.82, 2.24) is 5.32 Å². The predicted octanol–water partition coefficient (Wildman–Crippen LogP) is 3.22. The van der Waals surface area contributed by atoms with Gasteiger partial charge in [-0.3, -0.25) is 4.79 Å². The summed E-state index contributed by atoms with van der Waals surface area (Å²) < 4.78 is 5.76. The standard InChI is InChI=1S/C17H24N2O2.ClH/c1-12(2)21-15-6-4-3-5-14(15)19-16(20)13-11-17(13)7-9-18-10-8-17;/h3-6,12-13,18H,7-11H2,1-2H3,(H,19,20);1H. The number of piperidine rings is 1. The molecule has 1 aromatic rings. The van der Waals surface area contributed by atoms with Crippen molar-refractivity contribution in [1.29, 1.82) is 0 Å². The van der Waals surface area contributed by atoms with Crippen molar-refractivity contribution in [3.05, 3.63) is 24.3 Å². The van der Waals surface area contributed by atoms with Crippen molar-refractivity contribution >= 4 is 24.0 Å². The van der Waals surface area contributed by atoms with Crippen LogP contribution in [0.4, 0.5) is 5.69 Å². The van der Waals surface area contributed by atoms with Gasteiger partial charge in [0.25, 0.3) is 0 Å². The van der Waals surface area contributed by atoms with Gasteiger partial charge in [0, 0.05) is 5.92 Å². The van der Waals surface area contributed by atoms with Gasteiger partial charge >= 0.3 is 0 Å². The number of hydrogen-bond donors (Lipinski definition) is 2. The highest BCUT2D eigenvalue weighted by atomic mass is 35.5. The van der Waals surface area contributed by atoms with E-state index in [1.807, 2.05) is 38.1 Å². The summed E-state index contributed by atoms with van der Waals surface area (Å²) in [6.45, 7) is 6.06. The molecule has 4 nitrogen and oxygen atoms in total. The summed E-state index contributed by atoms with van der Waals surface area (Å²) in [6.07, 6.45) is 3.37. The van der Waals surface area contributed by atoms with Crippen LogP contribution in [0.1, 0.15) is 33.1 Å². The molecule has 1 aromatic carbocycles. The number of ether oxygens (including phenoxy) is 1. The van der Waals surface area contributed by atoms with Gasteiger partial charge in [0.1, 0.15) is 5.75 Å². The number of benzene rings is 1. The molecule has 1 aliphatic heterocycles. The maximum Gasteiger partial charge on any atom is 0.228 e. The minimum absolute atomic E-state index is 0. The van der Waals surface area contributed by atoms with Gasteiger partial charge in [0.2, 0.25) is 5.91 Å². The van der Waals surface area contributed by atoms with Crippen LogP contribution in [0.15, 0.2) is 24.3 Å². The van der Waals surface area contributed by atoms with E-state index in [0.717, 1.165) is 43.8 Å². The van der Waals surface area contributed by atoms with Gasteiger partial charge in [-0.05, 0) is 63.7 Å². The highest BCUT2D eigenvalue weighted by Gasteiger charge is 2.57. The smallest absolute Gasteiger partial charge is 0.228 e. The van der Waals surface area contributed by atoms with Crippen molar-refractivity contribution in [2.45, 2.75) is 39.2 Å². The van der Waals surface area contributed by atoms with Gasteiger partial charge < -0.3 is 15.4 Å². The van der Waals surface area contributed by atoms with E-state index in [2.05, 4.69) is 10.6 Å². The molecule has 2 aliphatic rings. The molecule has 1 amide bonds. The molecule has 122 valence electrons. The highest BCUT2D eigenvalue weighted by Crippen LogP contribution is 2.58. The zero-order chi connectivity index (χ0) is 14.9. The molecule has 1 saturated carbocycles. The van der Waals surface area contributed by atoms with Crippen molar-refractivity contribution in [2.24, 2.45) is 11.3 Å². The van der Waals surface area contributed by atoms with Crippen LogP contribution in [0.3, 0.4) is 0 Å². The molecule has 1 aliphatic carbocycles. The lowest BCUT2D eigenvalue weighted by atomic mass is 9.92. The summed E-state index contributed by atoms with van der Waals surface area (Å²) in [5.74, 6) is 1.07. The lowest BCUT2D eigenvalue weighted by Crippen LogP contribution is -2.31. The number of anilines is 1. The maximum absolute atomic E-state index is 12.5. The Hall–Kier alpha value is -1.26. The average molecular weight is 325 g/mol. The average Bonchev–Trinajstić information content (AvgIpc) is 3.15. The van der Waals surface area contributed by atoms with Gasteiger partial charge in [0.15, 0.2) is 0 Å². The third-order valence-electron chi connectivity index (χ3n) is 4.61. The Kier molecular flexibility index (Phi) is 5.35. The summed E-state index contributed by atoms with van der Waals surface area (Å²) in [6, 6.07) is 7.67. The molecule has 1 heterocycles. The van der Waals surface area contributed by atoms with Crippen molar-refractivity contribution in [2.75, 3.05) is 18.4 Å². The second-order valence-corrected chi connectivity index (χ2v) is 6.52. The SMILES string of the molecule is CC(C)Oc1ccccc1NC(=O)C1CC12CCNCC2.Cl. The fraction of sp³-hybridized carbons (Fsp3) is 0.588. The predicted molar refractivity (Wildman–Crippen MR) is 90.7 cm³/mol. The third-order valence-corrected chi connectivity index (χ3v) is 4.61. The highest BCUT2D eigenvalue weighted by molar-refractivity contribution is 5.96. The monoisotopic (exact) mass is 324 g/mol.